The van der Waals surface area contributed by atoms with Gasteiger partial charge in [-0.15, -0.1) is 0 Å². The molecule has 0 aromatic heterocycles. The van der Waals surface area contributed by atoms with Crippen molar-refractivity contribution in [3.05, 3.63) is 90.2 Å². The van der Waals surface area contributed by atoms with Gasteiger partial charge in [0.25, 0.3) is 10.0 Å². The summed E-state index contributed by atoms with van der Waals surface area (Å²) in [6.07, 6.45) is 4.87. The van der Waals surface area contributed by atoms with Gasteiger partial charge in [0.05, 0.1) is 17.2 Å². The number of nitrogens with one attached hydrogen (secondary N) is 1. The van der Waals surface area contributed by atoms with Crippen LogP contribution in [-0.4, -0.2) is 50.4 Å². The van der Waals surface area contributed by atoms with Crippen LogP contribution >= 0.6 is 0 Å². The van der Waals surface area contributed by atoms with E-state index in [4.69, 9.17) is 4.74 Å². The van der Waals surface area contributed by atoms with Crippen molar-refractivity contribution in [2.45, 2.75) is 69.5 Å². The summed E-state index contributed by atoms with van der Waals surface area (Å²) in [6.45, 7) is 2.80. The summed E-state index contributed by atoms with van der Waals surface area (Å²) >= 11 is 0. The van der Waals surface area contributed by atoms with Gasteiger partial charge in [0, 0.05) is 18.2 Å². The van der Waals surface area contributed by atoms with Gasteiger partial charge in [0.2, 0.25) is 11.8 Å². The van der Waals surface area contributed by atoms with Crippen LogP contribution in [0.1, 0.15) is 51.5 Å². The molecule has 0 aliphatic heterocycles. The molecule has 1 fully saturated rings. The zero-order chi connectivity index (χ0) is 30.1. The number of halogens is 1. The summed E-state index contributed by atoms with van der Waals surface area (Å²) in [5, 5.41) is 3.04. The summed E-state index contributed by atoms with van der Waals surface area (Å²) in [6, 6.07) is 19.4. The maximum Gasteiger partial charge on any atom is 0.264 e. The lowest BCUT2D eigenvalue weighted by atomic mass is 9.95. The minimum Gasteiger partial charge on any atom is -0.492 e. The van der Waals surface area contributed by atoms with Crippen LogP contribution in [0.3, 0.4) is 0 Å². The van der Waals surface area contributed by atoms with Crippen molar-refractivity contribution in [1.29, 1.82) is 0 Å². The third kappa shape index (κ3) is 7.47. The summed E-state index contributed by atoms with van der Waals surface area (Å²) < 4.78 is 49.5. The van der Waals surface area contributed by atoms with Gasteiger partial charge in [-0.25, -0.2) is 12.8 Å². The second kappa shape index (κ2) is 14.3. The van der Waals surface area contributed by atoms with Gasteiger partial charge < -0.3 is 15.0 Å². The van der Waals surface area contributed by atoms with E-state index in [-0.39, 0.29) is 47.0 Å². The summed E-state index contributed by atoms with van der Waals surface area (Å²) in [5.41, 5.74) is 0.400. The molecule has 1 N–H and O–H groups in total. The number of rotatable bonds is 12. The lowest BCUT2D eigenvalue weighted by Gasteiger charge is -2.33. The Labute approximate surface area is 247 Å². The maximum absolute atomic E-state index is 14.8. The molecule has 3 aromatic carbocycles. The first-order valence-corrected chi connectivity index (χ1v) is 15.8. The molecule has 0 unspecified atom stereocenters. The van der Waals surface area contributed by atoms with Crippen LogP contribution in [0.25, 0.3) is 0 Å². The molecule has 1 saturated carbocycles. The minimum atomic E-state index is -4.24. The van der Waals surface area contributed by atoms with Crippen LogP contribution in [0.5, 0.6) is 5.75 Å². The Bertz CT molecular complexity index is 1460. The monoisotopic (exact) mass is 595 g/mol. The first kappa shape index (κ1) is 31.0. The van der Waals surface area contributed by atoms with E-state index in [9.17, 15) is 22.4 Å². The Balaban J connectivity index is 1.71. The molecule has 1 atom stereocenters. The fourth-order valence-electron chi connectivity index (χ4n) is 5.14. The van der Waals surface area contributed by atoms with Crippen molar-refractivity contribution >= 4 is 27.5 Å². The van der Waals surface area contributed by atoms with Gasteiger partial charge in [-0.2, -0.15) is 0 Å². The molecule has 10 heteroatoms. The highest BCUT2D eigenvalue weighted by Gasteiger charge is 2.34. The second-order valence-corrected chi connectivity index (χ2v) is 12.2. The highest BCUT2D eigenvalue weighted by molar-refractivity contribution is 7.92. The number of hydrogen-bond acceptors (Lipinski definition) is 5. The summed E-state index contributed by atoms with van der Waals surface area (Å²) in [4.78, 5) is 28.7. The standard InChI is InChI=1S/C32H38FN3O5S/c1-3-41-30-21-13-12-20-29(30)36(42(39,40)27-17-8-5-9-18-27)23-31(37)35(22-25-14-10-11-19-28(25)33)24(2)32(38)34-26-15-6-4-7-16-26/h5,8-14,17-21,24,26H,3-4,6-7,15-16,22-23H2,1-2H3,(H,34,38)/t24-/m0/s1. The van der Waals surface area contributed by atoms with E-state index in [1.54, 1.807) is 74.5 Å². The van der Waals surface area contributed by atoms with E-state index in [1.807, 2.05) is 0 Å². The third-order valence-electron chi connectivity index (χ3n) is 7.46. The fraction of sp³-hybridized carbons (Fsp3) is 0.375. The Morgan fingerprint density at radius 1 is 0.952 bits per heavy atom. The van der Waals surface area contributed by atoms with E-state index in [0.717, 1.165) is 36.4 Å². The number of carbonyl (C=O) groups excluding carboxylic acids is 2. The number of para-hydroxylation sites is 2. The third-order valence-corrected chi connectivity index (χ3v) is 9.24. The first-order chi connectivity index (χ1) is 20.2. The van der Waals surface area contributed by atoms with Crippen LogP contribution in [0, 0.1) is 5.82 Å². The van der Waals surface area contributed by atoms with E-state index in [0.29, 0.717) is 0 Å². The van der Waals surface area contributed by atoms with Gasteiger partial charge in [-0.3, -0.25) is 13.9 Å². The molecule has 0 heterocycles. The molecule has 0 saturated heterocycles. The van der Waals surface area contributed by atoms with Crippen LogP contribution in [0.2, 0.25) is 0 Å². The maximum atomic E-state index is 14.8. The smallest absolute Gasteiger partial charge is 0.264 e. The molecule has 2 amide bonds. The Kier molecular flexibility index (Phi) is 10.6. The first-order valence-electron chi connectivity index (χ1n) is 14.3. The number of amides is 2. The Hall–Kier alpha value is -3.92. The van der Waals surface area contributed by atoms with Crippen LogP contribution in [0.15, 0.2) is 83.8 Å². The van der Waals surface area contributed by atoms with E-state index in [2.05, 4.69) is 5.32 Å². The zero-order valence-electron chi connectivity index (χ0n) is 24.0. The molecular weight excluding hydrogens is 557 g/mol. The molecule has 8 nitrogen and oxygen atoms in total. The largest absolute Gasteiger partial charge is 0.492 e. The molecule has 4 rings (SSSR count). The number of hydrogen-bond donors (Lipinski definition) is 1. The van der Waals surface area contributed by atoms with Gasteiger partial charge in [0.1, 0.15) is 24.2 Å². The number of carbonyl (C=O) groups is 2. The van der Waals surface area contributed by atoms with Crippen molar-refractivity contribution in [2.24, 2.45) is 0 Å². The quantitative estimate of drug-likeness (QED) is 0.307. The van der Waals surface area contributed by atoms with Crippen molar-refractivity contribution in [2.75, 3.05) is 17.5 Å². The molecule has 0 bridgehead atoms. The Morgan fingerprint density at radius 2 is 1.60 bits per heavy atom. The molecular formula is C32H38FN3O5S. The lowest BCUT2D eigenvalue weighted by Crippen LogP contribution is -2.53. The highest BCUT2D eigenvalue weighted by atomic mass is 32.2. The highest BCUT2D eigenvalue weighted by Crippen LogP contribution is 2.33. The van der Waals surface area contributed by atoms with Gasteiger partial charge >= 0.3 is 0 Å². The number of ether oxygens (including phenoxy) is 1. The Morgan fingerprint density at radius 3 is 2.29 bits per heavy atom. The number of sulfonamides is 1. The molecule has 42 heavy (non-hydrogen) atoms. The fourth-order valence-corrected chi connectivity index (χ4v) is 6.58. The lowest BCUT2D eigenvalue weighted by molar-refractivity contribution is -0.139. The predicted octanol–water partition coefficient (Wildman–Crippen LogP) is 5.29. The van der Waals surface area contributed by atoms with E-state index >= 15 is 0 Å². The molecule has 1 aliphatic carbocycles. The molecule has 1 aliphatic rings. The number of benzene rings is 3. The summed E-state index contributed by atoms with van der Waals surface area (Å²) in [7, 11) is -4.24. The molecule has 224 valence electrons. The minimum absolute atomic E-state index is 0.00661. The van der Waals surface area contributed by atoms with Gasteiger partial charge in [-0.05, 0) is 57.0 Å². The van der Waals surface area contributed by atoms with Gasteiger partial charge in [-0.1, -0.05) is 67.8 Å². The van der Waals surface area contributed by atoms with E-state index in [1.165, 1.54) is 23.1 Å². The van der Waals surface area contributed by atoms with Crippen LogP contribution in [0.4, 0.5) is 10.1 Å². The average Bonchev–Trinajstić information content (AvgIpc) is 3.00. The van der Waals surface area contributed by atoms with Crippen LogP contribution < -0.4 is 14.4 Å². The SMILES string of the molecule is CCOc1ccccc1N(CC(=O)N(Cc1ccccc1F)[C@@H](C)C(=O)NC1CCCCC1)S(=O)(=O)c1ccccc1. The molecule has 0 radical (unpaired) electrons. The van der Waals surface area contributed by atoms with E-state index < -0.39 is 34.3 Å². The van der Waals surface area contributed by atoms with Crippen molar-refractivity contribution in [1.82, 2.24) is 10.2 Å². The normalized spacial score (nSPS) is 14.5. The second-order valence-electron chi connectivity index (χ2n) is 10.4. The summed E-state index contributed by atoms with van der Waals surface area (Å²) in [5.74, 6) is -1.25. The topological polar surface area (TPSA) is 96.0 Å². The van der Waals surface area contributed by atoms with Crippen LogP contribution in [-0.2, 0) is 26.2 Å². The van der Waals surface area contributed by atoms with Crippen molar-refractivity contribution in [3.63, 3.8) is 0 Å². The number of nitrogens with zero attached hydrogens (tertiary/aromatic N) is 2. The molecule has 0 spiro atoms. The van der Waals surface area contributed by atoms with Crippen molar-refractivity contribution < 1.29 is 27.1 Å². The number of anilines is 1. The molecule has 3 aromatic rings. The van der Waals surface area contributed by atoms with Gasteiger partial charge in [0.15, 0.2) is 0 Å². The predicted molar refractivity (Wildman–Crippen MR) is 160 cm³/mol. The zero-order valence-corrected chi connectivity index (χ0v) is 24.9. The van der Waals surface area contributed by atoms with Crippen molar-refractivity contribution in [3.8, 4) is 5.75 Å². The average molecular weight is 596 g/mol.